The van der Waals surface area contributed by atoms with Crippen LogP contribution in [-0.4, -0.2) is 53.4 Å². The molecule has 3 unspecified atom stereocenters. The molecule has 3 N–H and O–H groups in total. The number of hydrogen-bond acceptors (Lipinski definition) is 4. The number of carbonyl (C=O) groups is 1. The van der Waals surface area contributed by atoms with E-state index in [1.165, 1.54) is 0 Å². The van der Waals surface area contributed by atoms with E-state index in [2.05, 4.69) is 0 Å². The van der Waals surface area contributed by atoms with Gasteiger partial charge in [-0.25, -0.2) is 0 Å². The molecule has 1 heterocycles. The second-order valence-corrected chi connectivity index (χ2v) is 6.71. The van der Waals surface area contributed by atoms with Gasteiger partial charge in [-0.1, -0.05) is 13.3 Å². The van der Waals surface area contributed by atoms with Crippen molar-refractivity contribution >= 4 is 5.91 Å². The second kappa shape index (κ2) is 7.38. The first kappa shape index (κ1) is 17.4. The summed E-state index contributed by atoms with van der Waals surface area (Å²) in [5, 5.41) is 9.29. The van der Waals surface area contributed by atoms with Crippen LogP contribution in [0.4, 0.5) is 0 Å². The van der Waals surface area contributed by atoms with Gasteiger partial charge in [0.2, 0.25) is 5.91 Å². The first-order chi connectivity index (χ1) is 9.25. The highest BCUT2D eigenvalue weighted by molar-refractivity contribution is 5.78. The fraction of sp³-hybridized carbons (Fsp3) is 0.933. The molecule has 0 spiro atoms. The van der Waals surface area contributed by atoms with Gasteiger partial charge >= 0.3 is 0 Å². The molecule has 5 heteroatoms. The predicted molar refractivity (Wildman–Crippen MR) is 79.3 cm³/mol. The number of aliphatic hydroxyl groups is 1. The maximum absolute atomic E-state index is 12.5. The number of aliphatic hydroxyl groups excluding tert-OH is 1. The van der Waals surface area contributed by atoms with Crippen molar-refractivity contribution < 1.29 is 14.6 Å². The molecule has 1 fully saturated rings. The first-order valence-corrected chi connectivity index (χ1v) is 7.58. The summed E-state index contributed by atoms with van der Waals surface area (Å²) >= 11 is 0. The quantitative estimate of drug-likeness (QED) is 0.767. The summed E-state index contributed by atoms with van der Waals surface area (Å²) in [6, 6.07) is 0.193. The zero-order chi connectivity index (χ0) is 15.3. The maximum Gasteiger partial charge on any atom is 0.225 e. The Morgan fingerprint density at radius 3 is 2.65 bits per heavy atom. The van der Waals surface area contributed by atoms with Crippen LogP contribution >= 0.6 is 0 Å². The summed E-state index contributed by atoms with van der Waals surface area (Å²) in [5.74, 6) is 0.159. The van der Waals surface area contributed by atoms with E-state index in [-0.39, 0.29) is 30.6 Å². The lowest BCUT2D eigenvalue weighted by Crippen LogP contribution is -2.56. The SMILES string of the molecule is CC(N)CCCC(C)C(=O)N1CC(CO)OC(C)(C)C1. The Bertz CT molecular complexity index is 318. The molecule has 3 atom stereocenters. The molecule has 1 rings (SSSR count). The Morgan fingerprint density at radius 1 is 1.45 bits per heavy atom. The molecule has 1 aliphatic heterocycles. The number of ether oxygens (including phenoxy) is 1. The average molecular weight is 286 g/mol. The van der Waals surface area contributed by atoms with Gasteiger partial charge in [0.15, 0.2) is 0 Å². The molecule has 0 aromatic rings. The molecule has 0 bridgehead atoms. The molecular weight excluding hydrogens is 256 g/mol. The third kappa shape index (κ3) is 5.38. The van der Waals surface area contributed by atoms with Gasteiger partial charge in [-0.3, -0.25) is 4.79 Å². The molecule has 118 valence electrons. The van der Waals surface area contributed by atoms with E-state index in [9.17, 15) is 9.90 Å². The number of rotatable bonds is 6. The van der Waals surface area contributed by atoms with Crippen LogP contribution in [0, 0.1) is 5.92 Å². The molecule has 1 saturated heterocycles. The highest BCUT2D eigenvalue weighted by Crippen LogP contribution is 2.23. The van der Waals surface area contributed by atoms with E-state index in [4.69, 9.17) is 10.5 Å². The third-order valence-corrected chi connectivity index (χ3v) is 3.71. The summed E-state index contributed by atoms with van der Waals surface area (Å²) in [6.07, 6.45) is 2.51. The topological polar surface area (TPSA) is 75.8 Å². The number of nitrogens with zero attached hydrogens (tertiary/aromatic N) is 1. The lowest BCUT2D eigenvalue weighted by molar-refractivity contribution is -0.169. The summed E-state index contributed by atoms with van der Waals surface area (Å²) in [5.41, 5.74) is 5.33. The van der Waals surface area contributed by atoms with Crippen LogP contribution in [0.25, 0.3) is 0 Å². The number of nitrogens with two attached hydrogens (primary N) is 1. The molecule has 0 aromatic carbocycles. The van der Waals surface area contributed by atoms with Crippen LogP contribution in [0.5, 0.6) is 0 Å². The van der Waals surface area contributed by atoms with Gasteiger partial charge in [0.05, 0.1) is 18.3 Å². The standard InChI is InChI=1S/C15H30N2O3/c1-11(6-5-7-12(2)16)14(19)17-8-13(9-18)20-15(3,4)10-17/h11-13,18H,5-10,16H2,1-4H3. The van der Waals surface area contributed by atoms with E-state index < -0.39 is 5.60 Å². The molecule has 5 nitrogen and oxygen atoms in total. The van der Waals surface area contributed by atoms with Gasteiger partial charge in [-0.15, -0.1) is 0 Å². The van der Waals surface area contributed by atoms with Crippen LogP contribution in [-0.2, 0) is 9.53 Å². The van der Waals surface area contributed by atoms with Gasteiger partial charge in [0.25, 0.3) is 0 Å². The van der Waals surface area contributed by atoms with E-state index in [0.29, 0.717) is 13.1 Å². The van der Waals surface area contributed by atoms with Crippen molar-refractivity contribution in [3.8, 4) is 0 Å². The Balaban J connectivity index is 2.52. The molecular formula is C15H30N2O3. The Kier molecular flexibility index (Phi) is 6.43. The first-order valence-electron chi connectivity index (χ1n) is 7.58. The summed E-state index contributed by atoms with van der Waals surface area (Å²) < 4.78 is 5.74. The van der Waals surface area contributed by atoms with Gasteiger partial charge in [-0.05, 0) is 33.6 Å². The molecule has 1 aliphatic rings. The molecule has 0 radical (unpaired) electrons. The smallest absolute Gasteiger partial charge is 0.225 e. The molecule has 1 amide bonds. The Hall–Kier alpha value is -0.650. The normalized spacial score (nSPS) is 25.3. The minimum absolute atomic E-state index is 0.00185. The van der Waals surface area contributed by atoms with Crippen molar-refractivity contribution in [2.75, 3.05) is 19.7 Å². The van der Waals surface area contributed by atoms with Gasteiger partial charge in [0, 0.05) is 25.0 Å². The highest BCUT2D eigenvalue weighted by Gasteiger charge is 2.36. The van der Waals surface area contributed by atoms with Crippen LogP contribution in [0.1, 0.15) is 47.0 Å². The summed E-state index contributed by atoms with van der Waals surface area (Å²) in [4.78, 5) is 14.3. The van der Waals surface area contributed by atoms with Crippen LogP contribution in [0.15, 0.2) is 0 Å². The predicted octanol–water partition coefficient (Wildman–Crippen LogP) is 1.14. The summed E-state index contributed by atoms with van der Waals surface area (Å²) in [7, 11) is 0. The zero-order valence-corrected chi connectivity index (χ0v) is 13.3. The van der Waals surface area contributed by atoms with Crippen molar-refractivity contribution in [1.82, 2.24) is 4.90 Å². The molecule has 0 saturated carbocycles. The van der Waals surface area contributed by atoms with Crippen LogP contribution in [0.2, 0.25) is 0 Å². The largest absolute Gasteiger partial charge is 0.394 e. The summed E-state index contributed by atoms with van der Waals surface area (Å²) in [6.45, 7) is 8.89. The van der Waals surface area contributed by atoms with Crippen molar-refractivity contribution in [2.45, 2.75) is 64.7 Å². The van der Waals surface area contributed by atoms with E-state index in [1.54, 1.807) is 0 Å². The van der Waals surface area contributed by atoms with Crippen molar-refractivity contribution in [3.05, 3.63) is 0 Å². The number of hydrogen-bond donors (Lipinski definition) is 2. The minimum atomic E-state index is -0.396. The monoisotopic (exact) mass is 286 g/mol. The second-order valence-electron chi connectivity index (χ2n) is 6.71. The lowest BCUT2D eigenvalue weighted by atomic mass is 9.98. The van der Waals surface area contributed by atoms with E-state index in [0.717, 1.165) is 19.3 Å². The van der Waals surface area contributed by atoms with E-state index >= 15 is 0 Å². The van der Waals surface area contributed by atoms with E-state index in [1.807, 2.05) is 32.6 Å². The van der Waals surface area contributed by atoms with Crippen LogP contribution in [0.3, 0.4) is 0 Å². The Labute approximate surface area is 122 Å². The van der Waals surface area contributed by atoms with Crippen molar-refractivity contribution in [2.24, 2.45) is 11.7 Å². The van der Waals surface area contributed by atoms with Gasteiger partial charge in [0.1, 0.15) is 0 Å². The number of amides is 1. The average Bonchev–Trinajstić information content (AvgIpc) is 2.35. The van der Waals surface area contributed by atoms with Crippen LogP contribution < -0.4 is 5.73 Å². The lowest BCUT2D eigenvalue weighted by Gasteiger charge is -2.43. The van der Waals surface area contributed by atoms with Crippen molar-refractivity contribution in [3.63, 3.8) is 0 Å². The fourth-order valence-corrected chi connectivity index (χ4v) is 2.74. The maximum atomic E-state index is 12.5. The van der Waals surface area contributed by atoms with Gasteiger partial charge in [-0.2, -0.15) is 0 Å². The number of morpholine rings is 1. The Morgan fingerprint density at radius 2 is 2.10 bits per heavy atom. The minimum Gasteiger partial charge on any atom is -0.394 e. The fourth-order valence-electron chi connectivity index (χ4n) is 2.74. The highest BCUT2D eigenvalue weighted by atomic mass is 16.5. The zero-order valence-electron chi connectivity index (χ0n) is 13.3. The number of carbonyl (C=O) groups excluding carboxylic acids is 1. The molecule has 0 aromatic heterocycles. The molecule has 0 aliphatic carbocycles. The van der Waals surface area contributed by atoms with Crippen molar-refractivity contribution in [1.29, 1.82) is 0 Å². The van der Waals surface area contributed by atoms with Gasteiger partial charge < -0.3 is 20.5 Å². The third-order valence-electron chi connectivity index (χ3n) is 3.71. The molecule has 20 heavy (non-hydrogen) atoms.